The highest BCUT2D eigenvalue weighted by Gasteiger charge is 2.50. The highest BCUT2D eigenvalue weighted by molar-refractivity contribution is 8.13. The van der Waals surface area contributed by atoms with Crippen molar-refractivity contribution in [2.45, 2.75) is 63.4 Å². The number of phosphoric acid groups is 3. The lowest BCUT2D eigenvalue weighted by atomic mass is 9.87. The van der Waals surface area contributed by atoms with Crippen LogP contribution in [0.3, 0.4) is 0 Å². The first kappa shape index (κ1) is 47.2. The van der Waals surface area contributed by atoms with Crippen molar-refractivity contribution in [3.05, 3.63) is 12.7 Å². The van der Waals surface area contributed by atoms with Crippen molar-refractivity contribution in [2.75, 3.05) is 43.5 Å². The van der Waals surface area contributed by atoms with E-state index in [0.717, 1.165) is 29.0 Å². The minimum atomic E-state index is -5.57. The molecule has 0 spiro atoms. The van der Waals surface area contributed by atoms with E-state index in [0.29, 0.717) is 12.2 Å². The molecule has 2 aromatic rings. The van der Waals surface area contributed by atoms with Crippen LogP contribution >= 0.6 is 47.9 Å². The summed E-state index contributed by atoms with van der Waals surface area (Å²) in [6.45, 7) is 0.388. The molecule has 0 bridgehead atoms. The summed E-state index contributed by atoms with van der Waals surface area (Å²) < 4.78 is 62.0. The summed E-state index contributed by atoms with van der Waals surface area (Å²) in [4.78, 5) is 87.3. The number of anilines is 1. The lowest BCUT2D eigenvalue weighted by molar-refractivity contribution is -0.137. The predicted molar refractivity (Wildman–Crippen MR) is 194 cm³/mol. The van der Waals surface area contributed by atoms with Crippen LogP contribution in [0.2, 0.25) is 0 Å². The highest BCUT2D eigenvalue weighted by Crippen LogP contribution is 2.61. The van der Waals surface area contributed by atoms with Gasteiger partial charge in [-0.2, -0.15) is 16.9 Å². The molecule has 25 nitrogen and oxygen atoms in total. The first-order chi connectivity index (χ1) is 25.5. The number of hydrogen-bond donors (Lipinski definition) is 11. The molecule has 8 atom stereocenters. The van der Waals surface area contributed by atoms with Gasteiger partial charge < -0.3 is 56.6 Å². The van der Waals surface area contributed by atoms with Gasteiger partial charge >= 0.3 is 23.5 Å². The largest absolute Gasteiger partial charge is 0.481 e. The molecule has 0 saturated carbocycles. The number of nitrogens with two attached hydrogens (primary N) is 2. The Morgan fingerprint density at radius 3 is 2.42 bits per heavy atom. The van der Waals surface area contributed by atoms with Gasteiger partial charge in [0.1, 0.15) is 36.3 Å². The standard InChI is InChI=1S/C25H43N8O17P3S2/c1-25(2,19(36)22(37)29-5-3-15(34)28-6-8-55-24(38)13(26)4-7-54)10-47-53(44,45)50-52(42,43)46-9-14-18(49-51(39,40)41)17(35)23(48-14)33-12-32-16-20(27)30-11-31-21(16)33/h11-14,17-19,23,35-36,54H,3-10,26H2,1-2H3,(H,28,34)(H,29,37)(H,42,43)(H,44,45)(H2,27,30,31)(H2,39,40,41). The maximum atomic E-state index is 12.7. The quantitative estimate of drug-likeness (QED) is 0.0357. The monoisotopic (exact) mass is 884 g/mol. The zero-order valence-corrected chi connectivity index (χ0v) is 33.5. The molecule has 0 aromatic carbocycles. The smallest absolute Gasteiger partial charge is 0.386 e. The predicted octanol–water partition coefficient (Wildman–Crippen LogP) is -1.69. The highest BCUT2D eigenvalue weighted by atomic mass is 32.2. The number of thiol groups is 1. The molecule has 0 radical (unpaired) electrons. The number of aromatic nitrogens is 4. The van der Waals surface area contributed by atoms with Crippen molar-refractivity contribution in [3.63, 3.8) is 0 Å². The number of nitrogens with one attached hydrogen (secondary N) is 2. The van der Waals surface area contributed by atoms with E-state index in [-0.39, 0.29) is 47.4 Å². The van der Waals surface area contributed by atoms with Crippen LogP contribution in [0.1, 0.15) is 32.9 Å². The number of imidazole rings is 1. The number of phosphoric ester groups is 3. The Kier molecular flexibility index (Phi) is 17.2. The molecule has 0 aliphatic carbocycles. The topological polar surface area (TPSA) is 390 Å². The summed E-state index contributed by atoms with van der Waals surface area (Å²) in [6, 6.07) is -0.657. The maximum Gasteiger partial charge on any atom is 0.481 e. The summed E-state index contributed by atoms with van der Waals surface area (Å²) in [5.74, 6) is -0.780. The molecule has 3 heterocycles. The molecule has 1 aliphatic rings. The zero-order chi connectivity index (χ0) is 41.4. The Labute approximate surface area is 322 Å². The molecular weight excluding hydrogens is 841 g/mol. The molecule has 55 heavy (non-hydrogen) atoms. The minimum absolute atomic E-state index is 0.0271. The lowest BCUT2D eigenvalue weighted by Gasteiger charge is -2.30. The number of nitrogen functional groups attached to an aromatic ring is 1. The SMILES string of the molecule is CC(C)(COP(=O)(O)OP(=O)(O)OCC1OC(n2cnc3c(N)ncnc32)C(O)C1OP(=O)(O)O)C(O)C(=O)NCCC(=O)NCCSC(=O)C(N)CCS. The molecule has 30 heteroatoms. The van der Waals surface area contributed by atoms with Gasteiger partial charge in [-0.3, -0.25) is 32.5 Å². The number of carbonyl (C=O) groups is 3. The molecule has 1 aliphatic heterocycles. The van der Waals surface area contributed by atoms with Crippen molar-refractivity contribution >= 4 is 81.8 Å². The number of hydrogen-bond acceptors (Lipinski definition) is 20. The number of nitrogens with zero attached hydrogens (tertiary/aromatic N) is 4. The van der Waals surface area contributed by atoms with E-state index in [1.165, 1.54) is 13.8 Å². The van der Waals surface area contributed by atoms with Gasteiger partial charge in [0.25, 0.3) is 0 Å². The van der Waals surface area contributed by atoms with Gasteiger partial charge in [-0.05, 0) is 12.2 Å². The first-order valence-electron chi connectivity index (χ1n) is 15.9. The van der Waals surface area contributed by atoms with Gasteiger partial charge in [0.2, 0.25) is 16.9 Å². The number of amides is 2. The average molecular weight is 885 g/mol. The van der Waals surface area contributed by atoms with Crippen LogP contribution in [0.15, 0.2) is 12.7 Å². The van der Waals surface area contributed by atoms with E-state index in [1.54, 1.807) is 0 Å². The summed E-state index contributed by atoms with van der Waals surface area (Å²) >= 11 is 4.97. The van der Waals surface area contributed by atoms with E-state index >= 15 is 0 Å². The Bertz CT molecular complexity index is 1800. The van der Waals surface area contributed by atoms with Crippen LogP contribution in [-0.4, -0.2) is 135 Å². The number of ether oxygens (including phenoxy) is 1. The molecule has 12 N–H and O–H groups in total. The van der Waals surface area contributed by atoms with Crippen molar-refractivity contribution in [1.82, 2.24) is 30.2 Å². The second-order valence-corrected chi connectivity index (χ2v) is 18.1. The molecular formula is C25H43N8O17P3S2. The molecule has 312 valence electrons. The lowest BCUT2D eigenvalue weighted by Crippen LogP contribution is -2.46. The molecule has 1 saturated heterocycles. The van der Waals surface area contributed by atoms with Crippen molar-refractivity contribution in [3.8, 4) is 0 Å². The second-order valence-electron chi connectivity index (χ2n) is 12.4. The van der Waals surface area contributed by atoms with Crippen LogP contribution in [0.25, 0.3) is 11.2 Å². The van der Waals surface area contributed by atoms with E-state index in [2.05, 4.69) is 47.0 Å². The van der Waals surface area contributed by atoms with Crippen molar-refractivity contribution in [2.24, 2.45) is 11.1 Å². The van der Waals surface area contributed by atoms with E-state index < -0.39 is 90.6 Å². The second kappa shape index (κ2) is 20.0. The number of fused-ring (bicyclic) bond motifs is 1. The number of thioether (sulfide) groups is 1. The third-order valence-corrected chi connectivity index (χ3v) is 11.8. The summed E-state index contributed by atoms with van der Waals surface area (Å²) in [7, 11) is -16.4. The van der Waals surface area contributed by atoms with E-state index in [1.807, 2.05) is 0 Å². The number of aliphatic hydroxyl groups is 2. The molecule has 1 fully saturated rings. The van der Waals surface area contributed by atoms with Gasteiger partial charge in [0, 0.05) is 30.7 Å². The van der Waals surface area contributed by atoms with Gasteiger partial charge in [0.05, 0.1) is 25.6 Å². The third kappa shape index (κ3) is 14.3. The van der Waals surface area contributed by atoms with Gasteiger partial charge in [-0.1, -0.05) is 25.6 Å². The molecule has 2 aromatic heterocycles. The fourth-order valence-electron chi connectivity index (χ4n) is 4.65. The van der Waals surface area contributed by atoms with Crippen molar-refractivity contribution in [1.29, 1.82) is 0 Å². The molecule has 8 unspecified atom stereocenters. The molecule has 3 rings (SSSR count). The van der Waals surface area contributed by atoms with Gasteiger partial charge in [-0.25, -0.2) is 28.6 Å². The van der Waals surface area contributed by atoms with Crippen molar-refractivity contribution < 1.29 is 80.5 Å². The maximum absolute atomic E-state index is 12.7. The summed E-state index contributed by atoms with van der Waals surface area (Å²) in [5.41, 5.74) is 9.93. The van der Waals surface area contributed by atoms with Gasteiger partial charge in [-0.15, -0.1) is 0 Å². The van der Waals surface area contributed by atoms with E-state index in [4.69, 9.17) is 25.3 Å². The van der Waals surface area contributed by atoms with Crippen LogP contribution in [0, 0.1) is 5.41 Å². The molecule has 2 amide bonds. The Balaban J connectivity index is 1.50. The number of carbonyl (C=O) groups excluding carboxylic acids is 3. The normalized spacial score (nSPS) is 22.4. The Hall–Kier alpha value is -2.13. The van der Waals surface area contributed by atoms with Crippen LogP contribution in [0.4, 0.5) is 5.82 Å². The summed E-state index contributed by atoms with van der Waals surface area (Å²) in [6.07, 6.45) is -6.55. The number of rotatable bonds is 22. The van der Waals surface area contributed by atoms with Gasteiger partial charge in [0.15, 0.2) is 17.7 Å². The number of aliphatic hydroxyl groups excluding tert-OH is 2. The fraction of sp³-hybridized carbons (Fsp3) is 0.680. The first-order valence-corrected chi connectivity index (χ1v) is 22.0. The van der Waals surface area contributed by atoms with Crippen LogP contribution in [-0.2, 0) is 50.7 Å². The van der Waals surface area contributed by atoms with E-state index in [9.17, 15) is 57.9 Å². The minimum Gasteiger partial charge on any atom is -0.386 e. The Morgan fingerprint density at radius 1 is 1.09 bits per heavy atom. The summed E-state index contributed by atoms with van der Waals surface area (Å²) in [5, 5.41) is 26.0. The average Bonchev–Trinajstić information content (AvgIpc) is 3.64. The fourth-order valence-corrected chi connectivity index (χ4v) is 8.49. The third-order valence-electron chi connectivity index (χ3n) is 7.49. The zero-order valence-electron chi connectivity index (χ0n) is 29.1. The Morgan fingerprint density at radius 2 is 1.76 bits per heavy atom. The van der Waals surface area contributed by atoms with Crippen LogP contribution < -0.4 is 22.1 Å². The van der Waals surface area contributed by atoms with Crippen LogP contribution in [0.5, 0.6) is 0 Å².